The van der Waals surface area contributed by atoms with Crippen LogP contribution in [0.25, 0.3) is 0 Å². The SMILES string of the molecule is CC#CNC(C)O. The molecule has 2 heteroatoms. The van der Waals surface area contributed by atoms with E-state index in [-0.39, 0.29) is 0 Å². The Labute approximate surface area is 43.5 Å². The molecule has 0 rings (SSSR count). The maximum absolute atomic E-state index is 8.47. The van der Waals surface area contributed by atoms with E-state index in [1.165, 1.54) is 0 Å². The van der Waals surface area contributed by atoms with Crippen LogP contribution < -0.4 is 5.32 Å². The monoisotopic (exact) mass is 99.1 g/mol. The minimum Gasteiger partial charge on any atom is -0.374 e. The third-order valence-corrected chi connectivity index (χ3v) is 0.406. The summed E-state index contributed by atoms with van der Waals surface area (Å²) in [6, 6.07) is 2.50. The lowest BCUT2D eigenvalue weighted by molar-refractivity contribution is 0.177. The van der Waals surface area contributed by atoms with Crippen LogP contribution >= 0.6 is 0 Å². The van der Waals surface area contributed by atoms with Gasteiger partial charge in [0.1, 0.15) is 6.23 Å². The smallest absolute Gasteiger partial charge is 0.128 e. The van der Waals surface area contributed by atoms with Crippen LogP contribution in [-0.4, -0.2) is 11.3 Å². The fraction of sp³-hybridized carbons (Fsp3) is 0.600. The highest BCUT2D eigenvalue weighted by atomic mass is 16.3. The predicted octanol–water partition coefficient (Wildman–Crippen LogP) is -0.105. The van der Waals surface area contributed by atoms with Crippen molar-refractivity contribution in [1.29, 1.82) is 0 Å². The van der Waals surface area contributed by atoms with Gasteiger partial charge in [-0.2, -0.15) is 0 Å². The van der Waals surface area contributed by atoms with Gasteiger partial charge in [0.25, 0.3) is 0 Å². The van der Waals surface area contributed by atoms with E-state index >= 15 is 0 Å². The second kappa shape index (κ2) is 3.51. The van der Waals surface area contributed by atoms with Crippen LogP contribution in [0.5, 0.6) is 0 Å². The lowest BCUT2D eigenvalue weighted by Crippen LogP contribution is -2.19. The lowest BCUT2D eigenvalue weighted by atomic mass is 10.6. The number of aliphatic hydroxyl groups is 1. The van der Waals surface area contributed by atoms with Gasteiger partial charge in [-0.05, 0) is 13.8 Å². The summed E-state index contributed by atoms with van der Waals surface area (Å²) in [6.45, 7) is 3.32. The van der Waals surface area contributed by atoms with Crippen molar-refractivity contribution in [3.05, 3.63) is 0 Å². The molecule has 2 N–H and O–H groups in total. The van der Waals surface area contributed by atoms with Crippen LogP contribution in [0.4, 0.5) is 0 Å². The minimum atomic E-state index is -0.521. The van der Waals surface area contributed by atoms with Crippen molar-refractivity contribution < 1.29 is 5.11 Å². The summed E-state index contributed by atoms with van der Waals surface area (Å²) < 4.78 is 0. The van der Waals surface area contributed by atoms with Gasteiger partial charge in [0, 0.05) is 6.04 Å². The molecule has 0 aliphatic carbocycles. The van der Waals surface area contributed by atoms with Crippen LogP contribution in [0.15, 0.2) is 0 Å². The molecule has 0 aliphatic rings. The Morgan fingerprint density at radius 2 is 2.29 bits per heavy atom. The van der Waals surface area contributed by atoms with Crippen molar-refractivity contribution >= 4 is 0 Å². The van der Waals surface area contributed by atoms with Crippen LogP contribution in [0.1, 0.15) is 13.8 Å². The van der Waals surface area contributed by atoms with Gasteiger partial charge in [-0.3, -0.25) is 0 Å². The third kappa shape index (κ3) is 5.32. The van der Waals surface area contributed by atoms with Gasteiger partial charge in [-0.25, -0.2) is 0 Å². The van der Waals surface area contributed by atoms with Gasteiger partial charge >= 0.3 is 0 Å². The zero-order valence-electron chi connectivity index (χ0n) is 4.52. The summed E-state index contributed by atoms with van der Waals surface area (Å²) in [5.41, 5.74) is 0. The fourth-order valence-corrected chi connectivity index (χ4v) is 0.177. The molecule has 0 fully saturated rings. The van der Waals surface area contributed by atoms with Crippen molar-refractivity contribution in [2.45, 2.75) is 20.1 Å². The standard InChI is InChI=1S/C5H9NO/c1-3-4-6-5(2)7/h5-7H,1-2H3. The van der Waals surface area contributed by atoms with E-state index < -0.39 is 6.23 Å². The molecule has 40 valence electrons. The van der Waals surface area contributed by atoms with E-state index in [0.29, 0.717) is 0 Å². The topological polar surface area (TPSA) is 32.3 Å². The normalized spacial score (nSPS) is 11.3. The third-order valence-electron chi connectivity index (χ3n) is 0.406. The Kier molecular flexibility index (Phi) is 3.17. The molecule has 0 aliphatic heterocycles. The molecule has 0 saturated heterocycles. The first-order valence-corrected chi connectivity index (χ1v) is 2.12. The molecular formula is C5H9NO. The van der Waals surface area contributed by atoms with E-state index in [1.54, 1.807) is 13.8 Å². The Morgan fingerprint density at radius 1 is 1.71 bits per heavy atom. The van der Waals surface area contributed by atoms with Crippen molar-refractivity contribution in [2.24, 2.45) is 0 Å². The molecule has 7 heavy (non-hydrogen) atoms. The van der Waals surface area contributed by atoms with Crippen LogP contribution in [0, 0.1) is 12.0 Å². The first kappa shape index (κ1) is 6.32. The molecular weight excluding hydrogens is 90.1 g/mol. The number of hydrogen-bond donors (Lipinski definition) is 2. The quantitative estimate of drug-likeness (QED) is 0.273. The Hall–Kier alpha value is -0.680. The number of nitrogens with one attached hydrogen (secondary N) is 1. The fourth-order valence-electron chi connectivity index (χ4n) is 0.177. The summed E-state index contributed by atoms with van der Waals surface area (Å²) in [5, 5.41) is 11.0. The molecule has 0 amide bonds. The number of rotatable bonds is 1. The molecule has 0 aromatic carbocycles. The molecule has 0 saturated carbocycles. The van der Waals surface area contributed by atoms with Gasteiger partial charge in [0.15, 0.2) is 0 Å². The maximum atomic E-state index is 8.47. The largest absolute Gasteiger partial charge is 0.374 e. The van der Waals surface area contributed by atoms with Gasteiger partial charge in [-0.15, -0.1) is 0 Å². The van der Waals surface area contributed by atoms with Gasteiger partial charge in [-0.1, -0.05) is 5.92 Å². The van der Waals surface area contributed by atoms with Crippen molar-refractivity contribution in [1.82, 2.24) is 5.32 Å². The first-order chi connectivity index (χ1) is 3.27. The summed E-state index contributed by atoms with van der Waals surface area (Å²) >= 11 is 0. The van der Waals surface area contributed by atoms with E-state index in [2.05, 4.69) is 17.3 Å². The zero-order valence-corrected chi connectivity index (χ0v) is 4.52. The lowest BCUT2D eigenvalue weighted by Gasteiger charge is -1.96. The summed E-state index contributed by atoms with van der Waals surface area (Å²) in [7, 11) is 0. The summed E-state index contributed by atoms with van der Waals surface area (Å²) in [6.07, 6.45) is -0.521. The van der Waals surface area contributed by atoms with E-state index in [1.807, 2.05) is 0 Å². The van der Waals surface area contributed by atoms with Gasteiger partial charge < -0.3 is 10.4 Å². The molecule has 1 atom stereocenters. The minimum absolute atomic E-state index is 0.521. The predicted molar refractivity (Wildman–Crippen MR) is 28.3 cm³/mol. The zero-order chi connectivity index (χ0) is 5.70. The number of aliphatic hydroxyl groups excluding tert-OH is 1. The van der Waals surface area contributed by atoms with Gasteiger partial charge in [0.2, 0.25) is 0 Å². The van der Waals surface area contributed by atoms with Crippen LogP contribution in [0.2, 0.25) is 0 Å². The molecule has 0 spiro atoms. The highest BCUT2D eigenvalue weighted by molar-refractivity contribution is 4.92. The average Bonchev–Trinajstić information content (AvgIpc) is 1.61. The summed E-state index contributed by atoms with van der Waals surface area (Å²) in [4.78, 5) is 0. The van der Waals surface area contributed by atoms with Crippen molar-refractivity contribution in [3.63, 3.8) is 0 Å². The molecule has 0 aromatic heterocycles. The van der Waals surface area contributed by atoms with E-state index in [4.69, 9.17) is 5.11 Å². The van der Waals surface area contributed by atoms with E-state index in [0.717, 1.165) is 0 Å². The second-order valence-corrected chi connectivity index (χ2v) is 1.20. The van der Waals surface area contributed by atoms with Crippen LogP contribution in [-0.2, 0) is 0 Å². The highest BCUT2D eigenvalue weighted by Crippen LogP contribution is 1.63. The van der Waals surface area contributed by atoms with Crippen molar-refractivity contribution in [2.75, 3.05) is 0 Å². The molecule has 1 unspecified atom stereocenters. The average molecular weight is 99.1 g/mol. The molecule has 0 radical (unpaired) electrons. The second-order valence-electron chi connectivity index (χ2n) is 1.20. The summed E-state index contributed by atoms with van der Waals surface area (Å²) in [5.74, 6) is 2.58. The highest BCUT2D eigenvalue weighted by Gasteiger charge is 1.81. The van der Waals surface area contributed by atoms with Crippen molar-refractivity contribution in [3.8, 4) is 12.0 Å². The molecule has 2 nitrogen and oxygen atoms in total. The first-order valence-electron chi connectivity index (χ1n) is 2.12. The van der Waals surface area contributed by atoms with Crippen LogP contribution in [0.3, 0.4) is 0 Å². The Morgan fingerprint density at radius 3 is 2.43 bits per heavy atom. The number of hydrogen-bond acceptors (Lipinski definition) is 2. The molecule has 0 heterocycles. The van der Waals surface area contributed by atoms with E-state index in [9.17, 15) is 0 Å². The maximum Gasteiger partial charge on any atom is 0.128 e. The molecule has 0 aromatic rings. The Balaban J connectivity index is 3.08. The molecule has 0 bridgehead atoms. The Bertz CT molecular complexity index is 88.0. The van der Waals surface area contributed by atoms with Gasteiger partial charge in [0.05, 0.1) is 0 Å².